The highest BCUT2D eigenvalue weighted by Crippen LogP contribution is 2.31. The van der Waals surface area contributed by atoms with Crippen molar-refractivity contribution in [2.24, 2.45) is 5.73 Å². The zero-order valence-corrected chi connectivity index (χ0v) is 9.61. The minimum Gasteiger partial charge on any atom is -0.317 e. The first-order valence-corrected chi connectivity index (χ1v) is 4.91. The van der Waals surface area contributed by atoms with Gasteiger partial charge in [0.25, 0.3) is 6.43 Å². The van der Waals surface area contributed by atoms with Gasteiger partial charge in [-0.3, -0.25) is 0 Å². The van der Waals surface area contributed by atoms with Crippen LogP contribution in [0.25, 0.3) is 0 Å². The predicted molar refractivity (Wildman–Crippen MR) is 54.5 cm³/mol. The van der Waals surface area contributed by atoms with Gasteiger partial charge in [0.05, 0.1) is 0 Å². The number of pyridine rings is 1. The first kappa shape index (κ1) is 11.8. The third-order valence-electron chi connectivity index (χ3n) is 1.84. The van der Waals surface area contributed by atoms with Gasteiger partial charge in [-0.25, -0.2) is 13.8 Å². The SMILES string of the molecule is CC(N)(c1cc(Br)cnc1Cl)C(F)F. The molecule has 0 aromatic carbocycles. The molecule has 6 heteroatoms. The Morgan fingerprint density at radius 2 is 2.21 bits per heavy atom. The van der Waals surface area contributed by atoms with E-state index in [0.717, 1.165) is 0 Å². The fourth-order valence-electron chi connectivity index (χ4n) is 0.918. The largest absolute Gasteiger partial charge is 0.317 e. The second kappa shape index (κ2) is 4.08. The molecule has 1 rings (SSSR count). The Morgan fingerprint density at radius 1 is 1.64 bits per heavy atom. The van der Waals surface area contributed by atoms with Gasteiger partial charge in [0.2, 0.25) is 0 Å². The van der Waals surface area contributed by atoms with Crippen LogP contribution in [0.15, 0.2) is 16.7 Å². The van der Waals surface area contributed by atoms with Crippen LogP contribution in [0.4, 0.5) is 8.78 Å². The lowest BCUT2D eigenvalue weighted by atomic mass is 9.95. The lowest BCUT2D eigenvalue weighted by molar-refractivity contribution is 0.0623. The summed E-state index contributed by atoms with van der Waals surface area (Å²) in [5, 5.41) is -0.00139. The Balaban J connectivity index is 3.24. The van der Waals surface area contributed by atoms with E-state index >= 15 is 0 Å². The lowest BCUT2D eigenvalue weighted by Gasteiger charge is -2.24. The number of halogens is 4. The van der Waals surface area contributed by atoms with Crippen molar-refractivity contribution >= 4 is 27.5 Å². The highest BCUT2D eigenvalue weighted by molar-refractivity contribution is 9.10. The fourth-order valence-corrected chi connectivity index (χ4v) is 1.56. The summed E-state index contributed by atoms with van der Waals surface area (Å²) in [6, 6.07) is 1.45. The normalized spacial score (nSPS) is 15.6. The molecule has 14 heavy (non-hydrogen) atoms. The zero-order valence-electron chi connectivity index (χ0n) is 7.27. The van der Waals surface area contributed by atoms with E-state index in [1.54, 1.807) is 0 Å². The van der Waals surface area contributed by atoms with Crippen LogP contribution in [0.3, 0.4) is 0 Å². The molecular weight excluding hydrogens is 277 g/mol. The van der Waals surface area contributed by atoms with E-state index in [1.807, 2.05) is 0 Å². The zero-order chi connectivity index (χ0) is 10.9. The van der Waals surface area contributed by atoms with Crippen LogP contribution in [0.2, 0.25) is 5.15 Å². The number of nitrogens with zero attached hydrogens (tertiary/aromatic N) is 1. The van der Waals surface area contributed by atoms with Gasteiger partial charge < -0.3 is 5.73 Å². The number of nitrogens with two attached hydrogens (primary N) is 1. The summed E-state index contributed by atoms with van der Waals surface area (Å²) in [6.07, 6.45) is -1.27. The van der Waals surface area contributed by atoms with E-state index < -0.39 is 12.0 Å². The second-order valence-electron chi connectivity index (χ2n) is 3.08. The summed E-state index contributed by atoms with van der Waals surface area (Å²) < 4.78 is 25.7. The van der Waals surface area contributed by atoms with Crippen LogP contribution in [0.5, 0.6) is 0 Å². The van der Waals surface area contributed by atoms with Crippen molar-refractivity contribution in [3.8, 4) is 0 Å². The maximum absolute atomic E-state index is 12.6. The van der Waals surface area contributed by atoms with Crippen molar-refractivity contribution in [2.45, 2.75) is 18.9 Å². The van der Waals surface area contributed by atoms with Gasteiger partial charge in [-0.15, -0.1) is 0 Å². The number of aromatic nitrogens is 1. The highest BCUT2D eigenvalue weighted by Gasteiger charge is 2.34. The number of alkyl halides is 2. The molecule has 1 aromatic heterocycles. The molecule has 0 saturated carbocycles. The summed E-state index contributed by atoms with van der Waals surface area (Å²) in [7, 11) is 0. The monoisotopic (exact) mass is 284 g/mol. The molecule has 1 atom stereocenters. The minimum atomic E-state index is -2.70. The quantitative estimate of drug-likeness (QED) is 0.849. The third kappa shape index (κ3) is 2.21. The van der Waals surface area contributed by atoms with Gasteiger partial charge in [0, 0.05) is 16.2 Å². The van der Waals surface area contributed by atoms with Crippen LogP contribution < -0.4 is 5.73 Å². The molecule has 1 heterocycles. The Bertz CT molecular complexity index is 344. The molecule has 2 N–H and O–H groups in total. The Hall–Kier alpha value is -0.260. The number of hydrogen-bond acceptors (Lipinski definition) is 2. The molecule has 0 aliphatic carbocycles. The Labute approximate surface area is 93.6 Å². The summed E-state index contributed by atoms with van der Waals surface area (Å²) in [6.45, 7) is 1.22. The maximum Gasteiger partial charge on any atom is 0.260 e. The van der Waals surface area contributed by atoms with Gasteiger partial charge in [-0.2, -0.15) is 0 Å². The van der Waals surface area contributed by atoms with Crippen molar-refractivity contribution in [2.75, 3.05) is 0 Å². The van der Waals surface area contributed by atoms with Gasteiger partial charge in [0.15, 0.2) is 0 Å². The molecule has 0 spiro atoms. The molecule has 2 nitrogen and oxygen atoms in total. The van der Waals surface area contributed by atoms with Crippen LogP contribution in [0, 0.1) is 0 Å². The molecular formula is C8H8BrClF2N2. The topological polar surface area (TPSA) is 38.9 Å². The van der Waals surface area contributed by atoms with E-state index in [2.05, 4.69) is 20.9 Å². The van der Waals surface area contributed by atoms with E-state index in [9.17, 15) is 8.78 Å². The predicted octanol–water partition coefficient (Wildman–Crippen LogP) is 2.94. The smallest absolute Gasteiger partial charge is 0.260 e. The van der Waals surface area contributed by atoms with E-state index in [0.29, 0.717) is 4.47 Å². The number of rotatable bonds is 2. The van der Waals surface area contributed by atoms with Crippen molar-refractivity contribution in [1.82, 2.24) is 4.98 Å². The molecule has 1 unspecified atom stereocenters. The molecule has 78 valence electrons. The Kier molecular flexibility index (Phi) is 3.44. The Morgan fingerprint density at radius 3 is 2.71 bits per heavy atom. The highest BCUT2D eigenvalue weighted by atomic mass is 79.9. The summed E-state index contributed by atoms with van der Waals surface area (Å²) in [5.74, 6) is 0. The van der Waals surface area contributed by atoms with Gasteiger partial charge in [-0.05, 0) is 28.9 Å². The van der Waals surface area contributed by atoms with Crippen molar-refractivity contribution in [1.29, 1.82) is 0 Å². The molecule has 0 bridgehead atoms. The molecule has 0 aliphatic rings. The van der Waals surface area contributed by atoms with Crippen LogP contribution in [-0.4, -0.2) is 11.4 Å². The minimum absolute atomic E-state index is 0.00139. The molecule has 0 aliphatic heterocycles. The molecule has 0 fully saturated rings. The van der Waals surface area contributed by atoms with Gasteiger partial charge >= 0.3 is 0 Å². The fraction of sp³-hybridized carbons (Fsp3) is 0.375. The van der Waals surface area contributed by atoms with Crippen LogP contribution >= 0.6 is 27.5 Å². The van der Waals surface area contributed by atoms with Crippen LogP contribution in [0.1, 0.15) is 12.5 Å². The van der Waals surface area contributed by atoms with E-state index in [4.69, 9.17) is 17.3 Å². The van der Waals surface area contributed by atoms with E-state index in [1.165, 1.54) is 19.2 Å². The summed E-state index contributed by atoms with van der Waals surface area (Å²) in [4.78, 5) is 3.73. The van der Waals surface area contributed by atoms with Gasteiger partial charge in [-0.1, -0.05) is 11.6 Å². The first-order valence-electron chi connectivity index (χ1n) is 3.74. The molecule has 0 saturated heterocycles. The molecule has 1 aromatic rings. The molecule has 0 radical (unpaired) electrons. The maximum atomic E-state index is 12.6. The van der Waals surface area contributed by atoms with Crippen molar-refractivity contribution in [3.63, 3.8) is 0 Å². The first-order chi connectivity index (χ1) is 6.35. The van der Waals surface area contributed by atoms with Crippen molar-refractivity contribution in [3.05, 3.63) is 27.5 Å². The average Bonchev–Trinajstić information content (AvgIpc) is 2.08. The number of hydrogen-bond donors (Lipinski definition) is 1. The van der Waals surface area contributed by atoms with Gasteiger partial charge in [0.1, 0.15) is 10.7 Å². The molecule has 0 amide bonds. The summed E-state index contributed by atoms with van der Waals surface area (Å²) >= 11 is 8.80. The average molecular weight is 286 g/mol. The standard InChI is InChI=1S/C8H8BrClF2N2/c1-8(13,7(11)12)5-2-4(9)3-14-6(5)10/h2-3,7H,13H2,1H3. The third-order valence-corrected chi connectivity index (χ3v) is 2.57. The van der Waals surface area contributed by atoms with Crippen molar-refractivity contribution < 1.29 is 8.78 Å². The second-order valence-corrected chi connectivity index (χ2v) is 4.35. The van der Waals surface area contributed by atoms with E-state index in [-0.39, 0.29) is 10.7 Å². The summed E-state index contributed by atoms with van der Waals surface area (Å²) in [5.41, 5.74) is 3.80. The lowest BCUT2D eigenvalue weighted by Crippen LogP contribution is -2.41. The van der Waals surface area contributed by atoms with Crippen LogP contribution in [-0.2, 0) is 5.54 Å².